The third-order valence-electron chi connectivity index (χ3n) is 1.20. The maximum absolute atomic E-state index is 10.2. The molecule has 11 heavy (non-hydrogen) atoms. The summed E-state index contributed by atoms with van der Waals surface area (Å²) in [5.41, 5.74) is 0.843. The summed E-state index contributed by atoms with van der Waals surface area (Å²) in [5, 5.41) is 8.37. The van der Waals surface area contributed by atoms with Crippen LogP contribution in [0.5, 0.6) is 0 Å². The molecule has 0 aromatic heterocycles. The number of benzene rings is 1. The maximum Gasteiger partial charge on any atom is 0.307 e. The number of hydrogen-bond donors (Lipinski definition) is 1. The number of carboxylic acids is 1. The zero-order valence-electron chi connectivity index (χ0n) is 5.95. The van der Waals surface area contributed by atoms with E-state index in [1.807, 2.05) is 18.2 Å². The number of rotatable bonds is 2. The number of aliphatic carboxylic acids is 1. The molecule has 0 saturated heterocycles. The topological polar surface area (TPSA) is 37.3 Å². The van der Waals surface area contributed by atoms with Gasteiger partial charge in [0.25, 0.3) is 0 Å². The van der Waals surface area contributed by atoms with Crippen molar-refractivity contribution in [3.05, 3.63) is 35.9 Å². The van der Waals surface area contributed by atoms with Gasteiger partial charge in [0, 0.05) is 21.7 Å². The SMILES string of the molecule is O=C(O)Cc1ccccc1.[Ti]. The molecule has 0 fully saturated rings. The molecule has 0 spiro atoms. The van der Waals surface area contributed by atoms with E-state index in [1.165, 1.54) is 0 Å². The van der Waals surface area contributed by atoms with E-state index in [0.29, 0.717) is 0 Å². The van der Waals surface area contributed by atoms with Gasteiger partial charge >= 0.3 is 5.97 Å². The van der Waals surface area contributed by atoms with Crippen LogP contribution in [0.4, 0.5) is 0 Å². The second kappa shape index (κ2) is 5.11. The Hall–Kier alpha value is -0.596. The van der Waals surface area contributed by atoms with Crippen LogP contribution >= 0.6 is 0 Å². The van der Waals surface area contributed by atoms with Crippen molar-refractivity contribution in [2.75, 3.05) is 0 Å². The molecule has 0 aliphatic heterocycles. The molecule has 2 nitrogen and oxygen atoms in total. The van der Waals surface area contributed by atoms with Crippen molar-refractivity contribution >= 4 is 5.97 Å². The second-order valence-electron chi connectivity index (χ2n) is 2.06. The van der Waals surface area contributed by atoms with Crippen molar-refractivity contribution < 1.29 is 31.6 Å². The first-order valence-corrected chi connectivity index (χ1v) is 3.05. The summed E-state index contributed by atoms with van der Waals surface area (Å²) in [5.74, 6) is -0.786. The van der Waals surface area contributed by atoms with Crippen molar-refractivity contribution in [2.45, 2.75) is 6.42 Å². The summed E-state index contributed by atoms with van der Waals surface area (Å²) in [7, 11) is 0. The Labute approximate surface area is 80.1 Å². The van der Waals surface area contributed by atoms with Crippen LogP contribution in [-0.2, 0) is 32.9 Å². The average molecular weight is 184 g/mol. The maximum atomic E-state index is 10.2. The van der Waals surface area contributed by atoms with Crippen LogP contribution in [0.1, 0.15) is 5.56 Å². The Morgan fingerprint density at radius 3 is 2.27 bits per heavy atom. The Bertz CT molecular complexity index is 221. The van der Waals surface area contributed by atoms with Gasteiger partial charge in [-0.15, -0.1) is 0 Å². The summed E-state index contributed by atoms with van der Waals surface area (Å²) in [4.78, 5) is 10.2. The fourth-order valence-corrected chi connectivity index (χ4v) is 0.770. The molecule has 3 heteroatoms. The predicted molar refractivity (Wildman–Crippen MR) is 37.8 cm³/mol. The van der Waals surface area contributed by atoms with E-state index < -0.39 is 5.97 Å². The number of hydrogen-bond acceptors (Lipinski definition) is 1. The van der Waals surface area contributed by atoms with E-state index in [1.54, 1.807) is 12.1 Å². The van der Waals surface area contributed by atoms with Gasteiger partial charge in [-0.1, -0.05) is 30.3 Å². The average Bonchev–Trinajstić information content (AvgIpc) is 1.88. The first-order valence-electron chi connectivity index (χ1n) is 3.05. The zero-order valence-corrected chi connectivity index (χ0v) is 7.51. The van der Waals surface area contributed by atoms with E-state index in [-0.39, 0.29) is 28.1 Å². The Balaban J connectivity index is 0.000001000. The fraction of sp³-hybridized carbons (Fsp3) is 0.125. The summed E-state index contributed by atoms with van der Waals surface area (Å²) < 4.78 is 0. The first kappa shape index (κ1) is 10.4. The molecule has 1 rings (SSSR count). The van der Waals surface area contributed by atoms with Gasteiger partial charge in [-0.05, 0) is 5.56 Å². The Morgan fingerprint density at radius 1 is 1.27 bits per heavy atom. The van der Waals surface area contributed by atoms with E-state index in [9.17, 15) is 4.79 Å². The molecule has 0 radical (unpaired) electrons. The van der Waals surface area contributed by atoms with Gasteiger partial charge in [0.05, 0.1) is 6.42 Å². The Morgan fingerprint density at radius 2 is 1.82 bits per heavy atom. The molecule has 1 N–H and O–H groups in total. The minimum absolute atomic E-state index is 0. The van der Waals surface area contributed by atoms with Crippen LogP contribution in [0.2, 0.25) is 0 Å². The van der Waals surface area contributed by atoms with E-state index in [2.05, 4.69) is 0 Å². The third-order valence-corrected chi connectivity index (χ3v) is 1.20. The van der Waals surface area contributed by atoms with Crippen molar-refractivity contribution in [3.63, 3.8) is 0 Å². The van der Waals surface area contributed by atoms with Gasteiger partial charge in [-0.25, -0.2) is 0 Å². The molecule has 0 heterocycles. The predicted octanol–water partition coefficient (Wildman–Crippen LogP) is 1.31. The molecule has 0 bridgehead atoms. The standard InChI is InChI=1S/C8H8O2.Ti/c9-8(10)6-7-4-2-1-3-5-7;/h1-5H,6H2,(H,9,10);. The van der Waals surface area contributed by atoms with E-state index in [0.717, 1.165) is 5.56 Å². The smallest absolute Gasteiger partial charge is 0.307 e. The molecule has 0 atom stereocenters. The zero-order chi connectivity index (χ0) is 7.40. The summed E-state index contributed by atoms with van der Waals surface area (Å²) in [6, 6.07) is 9.13. The van der Waals surface area contributed by atoms with Crippen LogP contribution < -0.4 is 0 Å². The quantitative estimate of drug-likeness (QED) is 0.703. The van der Waals surface area contributed by atoms with E-state index >= 15 is 0 Å². The largest absolute Gasteiger partial charge is 0.481 e. The minimum atomic E-state index is -0.786. The molecule has 0 aliphatic rings. The minimum Gasteiger partial charge on any atom is -0.481 e. The molecule has 56 valence electrons. The van der Waals surface area contributed by atoms with Crippen molar-refractivity contribution in [1.82, 2.24) is 0 Å². The number of carboxylic acid groups (broad SMARTS) is 1. The molecule has 1 aromatic carbocycles. The second-order valence-corrected chi connectivity index (χ2v) is 2.06. The van der Waals surface area contributed by atoms with Gasteiger partial charge in [-0.3, -0.25) is 4.79 Å². The number of carbonyl (C=O) groups is 1. The van der Waals surface area contributed by atoms with Crippen LogP contribution in [0, 0.1) is 0 Å². The van der Waals surface area contributed by atoms with Crippen molar-refractivity contribution in [2.24, 2.45) is 0 Å². The molecule has 0 aliphatic carbocycles. The molecule has 0 unspecified atom stereocenters. The van der Waals surface area contributed by atoms with Gasteiger partial charge in [0.2, 0.25) is 0 Å². The van der Waals surface area contributed by atoms with Gasteiger partial charge in [0.15, 0.2) is 0 Å². The summed E-state index contributed by atoms with van der Waals surface area (Å²) >= 11 is 0. The molecular formula is C8H8O2Ti. The van der Waals surface area contributed by atoms with Crippen LogP contribution in [-0.4, -0.2) is 11.1 Å². The molecule has 0 amide bonds. The van der Waals surface area contributed by atoms with Gasteiger partial charge < -0.3 is 5.11 Å². The van der Waals surface area contributed by atoms with E-state index in [4.69, 9.17) is 5.11 Å². The normalized spacial score (nSPS) is 8.36. The molecule has 0 saturated carbocycles. The van der Waals surface area contributed by atoms with Crippen LogP contribution in [0.3, 0.4) is 0 Å². The first-order chi connectivity index (χ1) is 4.79. The van der Waals surface area contributed by atoms with Gasteiger partial charge in [0.1, 0.15) is 0 Å². The van der Waals surface area contributed by atoms with Crippen LogP contribution in [0.25, 0.3) is 0 Å². The molecular weight excluding hydrogens is 176 g/mol. The Kier molecular flexibility index (Phi) is 4.83. The van der Waals surface area contributed by atoms with Gasteiger partial charge in [-0.2, -0.15) is 0 Å². The van der Waals surface area contributed by atoms with Crippen molar-refractivity contribution in [3.8, 4) is 0 Å². The van der Waals surface area contributed by atoms with Crippen LogP contribution in [0.15, 0.2) is 30.3 Å². The van der Waals surface area contributed by atoms with Crippen molar-refractivity contribution in [1.29, 1.82) is 0 Å². The molecule has 1 aromatic rings. The fourth-order valence-electron chi connectivity index (χ4n) is 0.770. The monoisotopic (exact) mass is 184 g/mol. The third kappa shape index (κ3) is 3.96. The summed E-state index contributed by atoms with van der Waals surface area (Å²) in [6.07, 6.45) is 0.112. The summed E-state index contributed by atoms with van der Waals surface area (Å²) in [6.45, 7) is 0.